The quantitative estimate of drug-likeness (QED) is 0.741. The van der Waals surface area contributed by atoms with Crippen LogP contribution in [0.5, 0.6) is 11.5 Å². The van der Waals surface area contributed by atoms with Crippen molar-refractivity contribution in [3.8, 4) is 11.5 Å². The predicted octanol–water partition coefficient (Wildman–Crippen LogP) is 4.89. The van der Waals surface area contributed by atoms with E-state index in [2.05, 4.69) is 28.1 Å². The van der Waals surface area contributed by atoms with Crippen LogP contribution in [0.1, 0.15) is 5.56 Å². The zero-order chi connectivity index (χ0) is 13.9. The number of hydrogen-bond acceptors (Lipinski definition) is 2. The van der Waals surface area contributed by atoms with Gasteiger partial charge in [-0.1, -0.05) is 46.3 Å². The standard InChI is InChI=1S/C17H13BrO2/c18-15-6-8-17(14(9-15)11-19)20-16-7-5-12-3-1-2-4-13(12)10-16/h1-10,19H,11H2. The lowest BCUT2D eigenvalue weighted by atomic mass is 10.1. The lowest BCUT2D eigenvalue weighted by Crippen LogP contribution is -1.91. The molecule has 0 spiro atoms. The minimum atomic E-state index is -0.0532. The molecule has 0 aliphatic carbocycles. The van der Waals surface area contributed by atoms with E-state index in [1.807, 2.05) is 48.5 Å². The van der Waals surface area contributed by atoms with E-state index >= 15 is 0 Å². The molecule has 0 aromatic heterocycles. The van der Waals surface area contributed by atoms with E-state index in [1.54, 1.807) is 0 Å². The first-order chi connectivity index (χ1) is 9.76. The van der Waals surface area contributed by atoms with E-state index < -0.39 is 0 Å². The summed E-state index contributed by atoms with van der Waals surface area (Å²) >= 11 is 3.39. The average Bonchev–Trinajstić information content (AvgIpc) is 2.49. The van der Waals surface area contributed by atoms with Gasteiger partial charge in [0.1, 0.15) is 11.5 Å². The van der Waals surface area contributed by atoms with Crippen LogP contribution in [0, 0.1) is 0 Å². The Morgan fingerprint density at radius 3 is 2.50 bits per heavy atom. The second-order valence-electron chi connectivity index (χ2n) is 4.52. The van der Waals surface area contributed by atoms with Crippen molar-refractivity contribution in [1.82, 2.24) is 0 Å². The summed E-state index contributed by atoms with van der Waals surface area (Å²) in [4.78, 5) is 0. The third-order valence-corrected chi connectivity index (χ3v) is 3.63. The fourth-order valence-corrected chi connectivity index (χ4v) is 2.54. The lowest BCUT2D eigenvalue weighted by molar-refractivity contribution is 0.276. The summed E-state index contributed by atoms with van der Waals surface area (Å²) < 4.78 is 6.81. The molecule has 1 N–H and O–H groups in total. The Bertz CT molecular complexity index is 753. The Morgan fingerprint density at radius 2 is 1.70 bits per heavy atom. The summed E-state index contributed by atoms with van der Waals surface area (Å²) in [5.74, 6) is 1.44. The fourth-order valence-electron chi connectivity index (χ4n) is 2.13. The molecule has 0 aliphatic heterocycles. The van der Waals surface area contributed by atoms with Crippen LogP contribution in [0.15, 0.2) is 65.1 Å². The van der Waals surface area contributed by atoms with Crippen LogP contribution in [-0.2, 0) is 6.61 Å². The zero-order valence-corrected chi connectivity index (χ0v) is 12.3. The molecule has 2 nitrogen and oxygen atoms in total. The summed E-state index contributed by atoms with van der Waals surface area (Å²) in [6.07, 6.45) is 0. The summed E-state index contributed by atoms with van der Waals surface area (Å²) in [7, 11) is 0. The average molecular weight is 329 g/mol. The van der Waals surface area contributed by atoms with Gasteiger partial charge >= 0.3 is 0 Å². The molecule has 3 heteroatoms. The first-order valence-electron chi connectivity index (χ1n) is 6.32. The van der Waals surface area contributed by atoms with Crippen LogP contribution in [0.2, 0.25) is 0 Å². The molecule has 20 heavy (non-hydrogen) atoms. The summed E-state index contributed by atoms with van der Waals surface area (Å²) in [5.41, 5.74) is 0.757. The van der Waals surface area contributed by atoms with Gasteiger partial charge in [0, 0.05) is 10.0 Å². The minimum absolute atomic E-state index is 0.0532. The maximum absolute atomic E-state index is 9.39. The highest BCUT2D eigenvalue weighted by molar-refractivity contribution is 9.10. The molecule has 0 radical (unpaired) electrons. The van der Waals surface area contributed by atoms with Gasteiger partial charge in [-0.25, -0.2) is 0 Å². The molecule has 100 valence electrons. The van der Waals surface area contributed by atoms with Crippen molar-refractivity contribution < 1.29 is 9.84 Å². The van der Waals surface area contributed by atoms with Crippen LogP contribution in [0.4, 0.5) is 0 Å². The Hall–Kier alpha value is -1.84. The molecule has 3 aromatic carbocycles. The largest absolute Gasteiger partial charge is 0.457 e. The zero-order valence-electron chi connectivity index (χ0n) is 10.7. The van der Waals surface area contributed by atoms with E-state index in [9.17, 15) is 5.11 Å². The van der Waals surface area contributed by atoms with Crippen molar-refractivity contribution in [2.24, 2.45) is 0 Å². The van der Waals surface area contributed by atoms with Crippen LogP contribution in [-0.4, -0.2) is 5.11 Å². The molecule has 0 heterocycles. The molecule has 0 saturated heterocycles. The molecule has 0 atom stereocenters. The maximum Gasteiger partial charge on any atom is 0.133 e. The molecule has 3 aromatic rings. The number of aliphatic hydroxyl groups excluding tert-OH is 1. The highest BCUT2D eigenvalue weighted by Crippen LogP contribution is 2.30. The summed E-state index contributed by atoms with van der Waals surface area (Å²) in [6.45, 7) is -0.0532. The van der Waals surface area contributed by atoms with Gasteiger partial charge in [0.05, 0.1) is 6.61 Å². The minimum Gasteiger partial charge on any atom is -0.457 e. The Labute approximate surface area is 125 Å². The number of benzene rings is 3. The Kier molecular flexibility index (Phi) is 3.72. The molecular weight excluding hydrogens is 316 g/mol. The second kappa shape index (κ2) is 5.65. The molecular formula is C17H13BrO2. The first-order valence-corrected chi connectivity index (χ1v) is 7.11. The molecule has 0 unspecified atom stereocenters. The van der Waals surface area contributed by atoms with Gasteiger partial charge in [0.2, 0.25) is 0 Å². The van der Waals surface area contributed by atoms with Gasteiger partial charge in [-0.15, -0.1) is 0 Å². The van der Waals surface area contributed by atoms with E-state index in [4.69, 9.17) is 4.74 Å². The van der Waals surface area contributed by atoms with Gasteiger partial charge in [0.25, 0.3) is 0 Å². The van der Waals surface area contributed by atoms with Gasteiger partial charge in [-0.2, -0.15) is 0 Å². The third-order valence-electron chi connectivity index (χ3n) is 3.14. The number of rotatable bonds is 3. The smallest absolute Gasteiger partial charge is 0.133 e. The van der Waals surface area contributed by atoms with Crippen molar-refractivity contribution in [2.75, 3.05) is 0 Å². The van der Waals surface area contributed by atoms with Crippen LogP contribution in [0.25, 0.3) is 10.8 Å². The Balaban J connectivity index is 1.96. The van der Waals surface area contributed by atoms with Crippen molar-refractivity contribution in [1.29, 1.82) is 0 Å². The van der Waals surface area contributed by atoms with Crippen LogP contribution in [0.3, 0.4) is 0 Å². The molecule has 0 amide bonds. The summed E-state index contributed by atoms with van der Waals surface area (Å²) in [6, 6.07) is 19.7. The maximum atomic E-state index is 9.39. The van der Waals surface area contributed by atoms with Crippen molar-refractivity contribution in [3.05, 3.63) is 70.7 Å². The van der Waals surface area contributed by atoms with E-state index in [1.165, 1.54) is 5.39 Å². The highest BCUT2D eigenvalue weighted by Gasteiger charge is 2.05. The normalized spacial score (nSPS) is 10.7. The number of aliphatic hydroxyl groups is 1. The van der Waals surface area contributed by atoms with E-state index in [0.717, 1.165) is 21.2 Å². The topological polar surface area (TPSA) is 29.5 Å². The molecule has 0 aliphatic rings. The molecule has 0 saturated carbocycles. The van der Waals surface area contributed by atoms with Crippen LogP contribution >= 0.6 is 15.9 Å². The Morgan fingerprint density at radius 1 is 0.900 bits per heavy atom. The summed E-state index contributed by atoms with van der Waals surface area (Å²) in [5, 5.41) is 11.7. The first kappa shape index (κ1) is 13.2. The van der Waals surface area contributed by atoms with Crippen molar-refractivity contribution in [3.63, 3.8) is 0 Å². The third kappa shape index (κ3) is 2.69. The van der Waals surface area contributed by atoms with E-state index in [0.29, 0.717) is 5.75 Å². The predicted molar refractivity (Wildman–Crippen MR) is 84.1 cm³/mol. The molecule has 0 fully saturated rings. The fraction of sp³-hybridized carbons (Fsp3) is 0.0588. The number of fused-ring (bicyclic) bond motifs is 1. The number of hydrogen-bond donors (Lipinski definition) is 1. The SMILES string of the molecule is OCc1cc(Br)ccc1Oc1ccc2ccccc2c1. The highest BCUT2D eigenvalue weighted by atomic mass is 79.9. The number of halogens is 1. The monoisotopic (exact) mass is 328 g/mol. The van der Waals surface area contributed by atoms with E-state index in [-0.39, 0.29) is 6.61 Å². The molecule has 3 rings (SSSR count). The van der Waals surface area contributed by atoms with Gasteiger partial charge < -0.3 is 9.84 Å². The van der Waals surface area contributed by atoms with Crippen molar-refractivity contribution >= 4 is 26.7 Å². The lowest BCUT2D eigenvalue weighted by Gasteiger charge is -2.11. The van der Waals surface area contributed by atoms with Gasteiger partial charge in [0.15, 0.2) is 0 Å². The van der Waals surface area contributed by atoms with Gasteiger partial charge in [-0.3, -0.25) is 0 Å². The molecule has 0 bridgehead atoms. The second-order valence-corrected chi connectivity index (χ2v) is 5.44. The van der Waals surface area contributed by atoms with Gasteiger partial charge in [-0.05, 0) is 41.1 Å². The van der Waals surface area contributed by atoms with Crippen molar-refractivity contribution in [2.45, 2.75) is 6.61 Å². The number of ether oxygens (including phenoxy) is 1. The van der Waals surface area contributed by atoms with Crippen LogP contribution < -0.4 is 4.74 Å².